The first kappa shape index (κ1) is 11.9. The molecule has 1 heterocycles. The Morgan fingerprint density at radius 3 is 2.53 bits per heavy atom. The van der Waals surface area contributed by atoms with Gasteiger partial charge in [0.2, 0.25) is 0 Å². The summed E-state index contributed by atoms with van der Waals surface area (Å²) < 4.78 is 2.08. The number of nitrogens with one attached hydrogen (secondary N) is 1. The van der Waals surface area contributed by atoms with Crippen LogP contribution in [0.1, 0.15) is 17.3 Å². The molecule has 1 unspecified atom stereocenters. The van der Waals surface area contributed by atoms with Crippen molar-refractivity contribution >= 4 is 0 Å². The lowest BCUT2D eigenvalue weighted by Crippen LogP contribution is -2.24. The van der Waals surface area contributed by atoms with Crippen LogP contribution in [-0.4, -0.2) is 16.3 Å². The minimum atomic E-state index is -0.00824. The van der Waals surface area contributed by atoms with Crippen LogP contribution in [0.2, 0.25) is 0 Å². The highest BCUT2D eigenvalue weighted by atomic mass is 16.3. The predicted octanol–water partition coefficient (Wildman–Crippen LogP) is 1.85. The van der Waals surface area contributed by atoms with E-state index in [1.54, 1.807) is 0 Å². The summed E-state index contributed by atoms with van der Waals surface area (Å²) in [5.74, 6) is 0. The number of benzene rings is 1. The SMILES string of the molecule is Cn1cccc1CNC(CO)c1ccccc1. The van der Waals surface area contributed by atoms with Gasteiger partial charge in [0, 0.05) is 25.5 Å². The quantitative estimate of drug-likeness (QED) is 0.822. The molecule has 0 saturated carbocycles. The van der Waals surface area contributed by atoms with Crippen molar-refractivity contribution in [1.29, 1.82) is 0 Å². The summed E-state index contributed by atoms with van der Waals surface area (Å²) in [6.45, 7) is 0.859. The van der Waals surface area contributed by atoms with Crippen LogP contribution in [0.3, 0.4) is 0 Å². The van der Waals surface area contributed by atoms with E-state index in [1.807, 2.05) is 49.6 Å². The number of aryl methyl sites for hydroxylation is 1. The topological polar surface area (TPSA) is 37.2 Å². The van der Waals surface area contributed by atoms with Gasteiger partial charge in [0.25, 0.3) is 0 Å². The van der Waals surface area contributed by atoms with Crippen molar-refractivity contribution in [2.24, 2.45) is 7.05 Å². The number of rotatable bonds is 5. The normalized spacial score (nSPS) is 12.6. The van der Waals surface area contributed by atoms with Crippen molar-refractivity contribution in [3.8, 4) is 0 Å². The van der Waals surface area contributed by atoms with Gasteiger partial charge in [-0.15, -0.1) is 0 Å². The zero-order chi connectivity index (χ0) is 12.1. The van der Waals surface area contributed by atoms with Crippen molar-refractivity contribution in [3.05, 3.63) is 59.9 Å². The summed E-state index contributed by atoms with van der Waals surface area (Å²) in [4.78, 5) is 0. The Hall–Kier alpha value is -1.58. The van der Waals surface area contributed by atoms with Gasteiger partial charge in [0.1, 0.15) is 0 Å². The smallest absolute Gasteiger partial charge is 0.0626 e. The average Bonchev–Trinajstić information content (AvgIpc) is 2.77. The van der Waals surface area contributed by atoms with Crippen molar-refractivity contribution in [2.45, 2.75) is 12.6 Å². The molecule has 0 radical (unpaired) electrons. The van der Waals surface area contributed by atoms with Crippen LogP contribution in [-0.2, 0) is 13.6 Å². The second-order valence-corrected chi connectivity index (χ2v) is 4.14. The van der Waals surface area contributed by atoms with Gasteiger partial charge >= 0.3 is 0 Å². The van der Waals surface area contributed by atoms with E-state index in [2.05, 4.69) is 16.0 Å². The average molecular weight is 230 g/mol. The standard InChI is InChI=1S/C14H18N2O/c1-16-9-5-8-13(16)10-15-14(11-17)12-6-3-2-4-7-12/h2-9,14-15,17H,10-11H2,1H3. The molecule has 0 fully saturated rings. The van der Waals surface area contributed by atoms with Gasteiger partial charge in [0.15, 0.2) is 0 Å². The Morgan fingerprint density at radius 1 is 1.18 bits per heavy atom. The fraction of sp³-hybridized carbons (Fsp3) is 0.286. The van der Waals surface area contributed by atoms with Crippen molar-refractivity contribution in [3.63, 3.8) is 0 Å². The van der Waals surface area contributed by atoms with Gasteiger partial charge in [-0.1, -0.05) is 30.3 Å². The zero-order valence-electron chi connectivity index (χ0n) is 10.0. The molecule has 0 spiro atoms. The van der Waals surface area contributed by atoms with Crippen LogP contribution in [0, 0.1) is 0 Å². The first-order valence-corrected chi connectivity index (χ1v) is 5.80. The maximum absolute atomic E-state index is 9.41. The van der Waals surface area contributed by atoms with Crippen LogP contribution in [0.15, 0.2) is 48.7 Å². The molecule has 17 heavy (non-hydrogen) atoms. The molecule has 3 nitrogen and oxygen atoms in total. The van der Waals surface area contributed by atoms with Crippen LogP contribution in [0.5, 0.6) is 0 Å². The van der Waals surface area contributed by atoms with E-state index < -0.39 is 0 Å². The lowest BCUT2D eigenvalue weighted by molar-refractivity contribution is 0.243. The summed E-state index contributed by atoms with van der Waals surface area (Å²) >= 11 is 0. The van der Waals surface area contributed by atoms with Gasteiger partial charge in [-0.2, -0.15) is 0 Å². The zero-order valence-corrected chi connectivity index (χ0v) is 10.0. The second-order valence-electron chi connectivity index (χ2n) is 4.14. The predicted molar refractivity (Wildman–Crippen MR) is 68.5 cm³/mol. The van der Waals surface area contributed by atoms with Crippen LogP contribution >= 0.6 is 0 Å². The molecule has 0 aliphatic rings. The molecule has 1 aromatic carbocycles. The highest BCUT2D eigenvalue weighted by Gasteiger charge is 2.09. The molecule has 0 saturated heterocycles. The Balaban J connectivity index is 1.99. The maximum Gasteiger partial charge on any atom is 0.0626 e. The van der Waals surface area contributed by atoms with Gasteiger partial charge < -0.3 is 15.0 Å². The van der Waals surface area contributed by atoms with E-state index in [1.165, 1.54) is 5.69 Å². The summed E-state index contributed by atoms with van der Waals surface area (Å²) in [7, 11) is 2.02. The third-order valence-electron chi connectivity index (χ3n) is 2.97. The molecule has 0 aliphatic carbocycles. The van der Waals surface area contributed by atoms with E-state index in [0.717, 1.165) is 12.1 Å². The minimum absolute atomic E-state index is 0.00824. The molecule has 3 heteroatoms. The van der Waals surface area contributed by atoms with E-state index in [-0.39, 0.29) is 12.6 Å². The summed E-state index contributed by atoms with van der Waals surface area (Å²) in [6.07, 6.45) is 2.02. The molecule has 1 atom stereocenters. The minimum Gasteiger partial charge on any atom is -0.394 e. The summed E-state index contributed by atoms with van der Waals surface area (Å²) in [6, 6.07) is 14.1. The molecule has 2 N–H and O–H groups in total. The number of aromatic nitrogens is 1. The van der Waals surface area contributed by atoms with E-state index in [4.69, 9.17) is 0 Å². The lowest BCUT2D eigenvalue weighted by Gasteiger charge is -2.17. The third-order valence-corrected chi connectivity index (χ3v) is 2.97. The van der Waals surface area contributed by atoms with Gasteiger partial charge in [-0.05, 0) is 17.7 Å². The molecule has 90 valence electrons. The number of hydrogen-bond acceptors (Lipinski definition) is 2. The fourth-order valence-electron chi connectivity index (χ4n) is 1.88. The molecule has 0 aliphatic heterocycles. The molecule has 2 aromatic rings. The second kappa shape index (κ2) is 5.66. The summed E-state index contributed by atoms with van der Waals surface area (Å²) in [5, 5.41) is 12.8. The van der Waals surface area contributed by atoms with Gasteiger partial charge in [-0.25, -0.2) is 0 Å². The van der Waals surface area contributed by atoms with E-state index in [0.29, 0.717) is 0 Å². The number of nitrogens with zero attached hydrogens (tertiary/aromatic N) is 1. The maximum atomic E-state index is 9.41. The van der Waals surface area contributed by atoms with E-state index in [9.17, 15) is 5.11 Å². The number of aliphatic hydroxyl groups is 1. The van der Waals surface area contributed by atoms with Gasteiger partial charge in [-0.3, -0.25) is 0 Å². The van der Waals surface area contributed by atoms with Crippen molar-refractivity contribution < 1.29 is 5.11 Å². The molecular formula is C14H18N2O. The van der Waals surface area contributed by atoms with Crippen molar-refractivity contribution in [2.75, 3.05) is 6.61 Å². The molecule has 0 bridgehead atoms. The van der Waals surface area contributed by atoms with Crippen LogP contribution in [0.4, 0.5) is 0 Å². The van der Waals surface area contributed by atoms with Crippen LogP contribution < -0.4 is 5.32 Å². The molecular weight excluding hydrogens is 212 g/mol. The Bertz CT molecular complexity index is 450. The van der Waals surface area contributed by atoms with Gasteiger partial charge in [0.05, 0.1) is 12.6 Å². The molecule has 0 amide bonds. The van der Waals surface area contributed by atoms with E-state index >= 15 is 0 Å². The molecule has 1 aromatic heterocycles. The Kier molecular flexibility index (Phi) is 3.96. The first-order chi connectivity index (χ1) is 8.31. The fourth-order valence-corrected chi connectivity index (χ4v) is 1.88. The van der Waals surface area contributed by atoms with Crippen molar-refractivity contribution in [1.82, 2.24) is 9.88 Å². The number of hydrogen-bond donors (Lipinski definition) is 2. The summed E-state index contributed by atoms with van der Waals surface area (Å²) in [5.41, 5.74) is 2.32. The number of aliphatic hydroxyl groups excluding tert-OH is 1. The first-order valence-electron chi connectivity index (χ1n) is 5.80. The lowest BCUT2D eigenvalue weighted by atomic mass is 10.1. The Morgan fingerprint density at radius 2 is 1.94 bits per heavy atom. The monoisotopic (exact) mass is 230 g/mol. The highest BCUT2D eigenvalue weighted by molar-refractivity contribution is 5.19. The highest BCUT2D eigenvalue weighted by Crippen LogP contribution is 2.12. The third kappa shape index (κ3) is 2.96. The molecule has 2 rings (SSSR count). The van der Waals surface area contributed by atoms with Crippen LogP contribution in [0.25, 0.3) is 0 Å². The Labute approximate surface area is 102 Å². The largest absolute Gasteiger partial charge is 0.394 e.